The number of aromatic nitrogens is 2. The fraction of sp³-hybridized carbons (Fsp3) is 0.524. The average molecular weight is 384 g/mol. The molecule has 3 rings (SSSR count). The van der Waals surface area contributed by atoms with Crippen LogP contribution in [-0.4, -0.2) is 27.2 Å². The van der Waals surface area contributed by atoms with E-state index in [1.165, 1.54) is 22.2 Å². The van der Waals surface area contributed by atoms with Gasteiger partial charge in [0, 0.05) is 12.0 Å². The standard InChI is InChI=1S/C21H28N4O3/c1-15-8-7-9-18(12-15)21(10-5-4-6-11-21)14-22-19(26)13-24-17(3)20(25(27)28)16(2)23-24/h7-9,12H,4-6,10-11,13-14H2,1-3H3,(H,22,26). The molecule has 0 bridgehead atoms. The maximum Gasteiger partial charge on any atom is 0.312 e. The highest BCUT2D eigenvalue weighted by Gasteiger charge is 2.34. The van der Waals surface area contributed by atoms with E-state index in [-0.39, 0.29) is 23.6 Å². The SMILES string of the molecule is Cc1cccc(C2(CNC(=O)Cn3nc(C)c([N+](=O)[O-])c3C)CCCCC2)c1. The monoisotopic (exact) mass is 384 g/mol. The molecule has 0 saturated heterocycles. The van der Waals surface area contributed by atoms with E-state index in [4.69, 9.17) is 0 Å². The van der Waals surface area contributed by atoms with Crippen molar-refractivity contribution in [3.8, 4) is 0 Å². The van der Waals surface area contributed by atoms with E-state index >= 15 is 0 Å². The van der Waals surface area contributed by atoms with Crippen molar-refractivity contribution in [2.45, 2.75) is 64.8 Å². The number of nitro groups is 1. The van der Waals surface area contributed by atoms with Gasteiger partial charge in [0.2, 0.25) is 5.91 Å². The number of rotatable bonds is 6. The topological polar surface area (TPSA) is 90.1 Å². The Kier molecular flexibility index (Phi) is 5.82. The maximum absolute atomic E-state index is 12.6. The van der Waals surface area contributed by atoms with Gasteiger partial charge in [-0.1, -0.05) is 49.1 Å². The van der Waals surface area contributed by atoms with Crippen LogP contribution >= 0.6 is 0 Å². The molecule has 1 fully saturated rings. The minimum atomic E-state index is -0.444. The lowest BCUT2D eigenvalue weighted by Crippen LogP contribution is -2.43. The van der Waals surface area contributed by atoms with Crippen molar-refractivity contribution in [1.29, 1.82) is 0 Å². The first-order valence-electron chi connectivity index (χ1n) is 9.85. The van der Waals surface area contributed by atoms with E-state index in [9.17, 15) is 14.9 Å². The van der Waals surface area contributed by atoms with E-state index < -0.39 is 4.92 Å². The molecular formula is C21H28N4O3. The molecule has 150 valence electrons. The minimum absolute atomic E-state index is 0.00951. The van der Waals surface area contributed by atoms with E-state index in [0.29, 0.717) is 17.9 Å². The predicted molar refractivity (Wildman–Crippen MR) is 107 cm³/mol. The van der Waals surface area contributed by atoms with Crippen molar-refractivity contribution in [2.75, 3.05) is 6.54 Å². The summed E-state index contributed by atoms with van der Waals surface area (Å²) in [5.74, 6) is -0.168. The summed E-state index contributed by atoms with van der Waals surface area (Å²) >= 11 is 0. The number of hydrogen-bond acceptors (Lipinski definition) is 4. The number of carbonyl (C=O) groups is 1. The van der Waals surface area contributed by atoms with Crippen LogP contribution in [0.4, 0.5) is 5.69 Å². The van der Waals surface area contributed by atoms with Gasteiger partial charge < -0.3 is 5.32 Å². The summed E-state index contributed by atoms with van der Waals surface area (Å²) in [6, 6.07) is 8.56. The fourth-order valence-electron chi connectivity index (χ4n) is 4.34. The number of aryl methyl sites for hydroxylation is 2. The third kappa shape index (κ3) is 4.08. The van der Waals surface area contributed by atoms with Gasteiger partial charge in [0.05, 0.1) is 4.92 Å². The van der Waals surface area contributed by atoms with Gasteiger partial charge in [0.1, 0.15) is 17.9 Å². The molecule has 1 amide bonds. The highest BCUT2D eigenvalue weighted by molar-refractivity contribution is 5.76. The van der Waals surface area contributed by atoms with E-state index in [2.05, 4.69) is 41.6 Å². The van der Waals surface area contributed by atoms with Crippen LogP contribution in [0.5, 0.6) is 0 Å². The van der Waals surface area contributed by atoms with Crippen molar-refractivity contribution < 1.29 is 9.72 Å². The molecule has 1 aliphatic carbocycles. The zero-order chi connectivity index (χ0) is 20.3. The molecule has 1 heterocycles. The smallest absolute Gasteiger partial charge is 0.312 e. The van der Waals surface area contributed by atoms with Crippen molar-refractivity contribution in [3.63, 3.8) is 0 Å². The van der Waals surface area contributed by atoms with Gasteiger partial charge >= 0.3 is 5.69 Å². The van der Waals surface area contributed by atoms with Crippen LogP contribution in [-0.2, 0) is 16.8 Å². The van der Waals surface area contributed by atoms with Crippen LogP contribution in [0.25, 0.3) is 0 Å². The zero-order valence-electron chi connectivity index (χ0n) is 16.8. The van der Waals surface area contributed by atoms with Crippen LogP contribution in [0, 0.1) is 30.9 Å². The highest BCUT2D eigenvalue weighted by Crippen LogP contribution is 2.39. The average Bonchev–Trinajstić information content (AvgIpc) is 2.94. The first kappa shape index (κ1) is 20.0. The molecule has 1 aromatic carbocycles. The molecule has 1 saturated carbocycles. The lowest BCUT2D eigenvalue weighted by Gasteiger charge is -2.38. The second-order valence-electron chi connectivity index (χ2n) is 7.92. The van der Waals surface area contributed by atoms with Crippen LogP contribution in [0.3, 0.4) is 0 Å². The van der Waals surface area contributed by atoms with Crippen molar-refractivity contribution in [3.05, 3.63) is 56.9 Å². The Morgan fingerprint density at radius 1 is 1.25 bits per heavy atom. The van der Waals surface area contributed by atoms with Crippen LogP contribution in [0.2, 0.25) is 0 Å². The number of benzene rings is 1. The number of hydrogen-bond donors (Lipinski definition) is 1. The first-order valence-corrected chi connectivity index (χ1v) is 9.85. The Morgan fingerprint density at radius 3 is 2.57 bits per heavy atom. The number of amides is 1. The molecule has 2 aromatic rings. The number of nitrogens with one attached hydrogen (secondary N) is 1. The van der Waals surface area contributed by atoms with E-state index in [1.807, 2.05) is 0 Å². The molecule has 0 spiro atoms. The highest BCUT2D eigenvalue weighted by atomic mass is 16.6. The van der Waals surface area contributed by atoms with Crippen molar-refractivity contribution in [2.24, 2.45) is 0 Å². The summed E-state index contributed by atoms with van der Waals surface area (Å²) in [6.45, 7) is 5.88. The quantitative estimate of drug-likeness (QED) is 0.607. The fourth-order valence-corrected chi connectivity index (χ4v) is 4.34. The molecule has 0 atom stereocenters. The summed E-state index contributed by atoms with van der Waals surface area (Å²) in [5, 5.41) is 18.4. The third-order valence-corrected chi connectivity index (χ3v) is 5.88. The van der Waals surface area contributed by atoms with Gasteiger partial charge in [-0.25, -0.2) is 0 Å². The molecule has 1 aliphatic rings. The van der Waals surface area contributed by atoms with Crippen LogP contribution < -0.4 is 5.32 Å². The molecule has 0 aliphatic heterocycles. The number of carbonyl (C=O) groups excluding carboxylic acids is 1. The summed E-state index contributed by atoms with van der Waals surface area (Å²) < 4.78 is 1.42. The molecule has 1 N–H and O–H groups in total. The lowest BCUT2D eigenvalue weighted by molar-refractivity contribution is -0.386. The van der Waals surface area contributed by atoms with Crippen LogP contribution in [0.15, 0.2) is 24.3 Å². The van der Waals surface area contributed by atoms with Gasteiger partial charge in [0.15, 0.2) is 0 Å². The van der Waals surface area contributed by atoms with E-state index in [1.54, 1.807) is 13.8 Å². The van der Waals surface area contributed by atoms with Crippen LogP contribution in [0.1, 0.15) is 54.6 Å². The summed E-state index contributed by atoms with van der Waals surface area (Å²) in [7, 11) is 0. The Balaban J connectivity index is 1.73. The molecule has 7 nitrogen and oxygen atoms in total. The lowest BCUT2D eigenvalue weighted by atomic mass is 9.69. The Labute approximate surface area is 165 Å². The molecular weight excluding hydrogens is 356 g/mol. The van der Waals surface area contributed by atoms with Crippen molar-refractivity contribution >= 4 is 11.6 Å². The zero-order valence-corrected chi connectivity index (χ0v) is 16.8. The summed E-state index contributed by atoms with van der Waals surface area (Å²) in [4.78, 5) is 23.3. The maximum atomic E-state index is 12.6. The van der Waals surface area contributed by atoms with Crippen molar-refractivity contribution in [1.82, 2.24) is 15.1 Å². The Morgan fingerprint density at radius 2 is 1.96 bits per heavy atom. The summed E-state index contributed by atoms with van der Waals surface area (Å²) in [5.41, 5.74) is 3.19. The number of nitrogens with zero attached hydrogens (tertiary/aromatic N) is 3. The normalized spacial score (nSPS) is 16.0. The van der Waals surface area contributed by atoms with Gasteiger partial charge in [-0.3, -0.25) is 19.6 Å². The largest absolute Gasteiger partial charge is 0.354 e. The second-order valence-corrected chi connectivity index (χ2v) is 7.92. The van der Waals surface area contributed by atoms with Gasteiger partial charge in [-0.05, 0) is 39.2 Å². The molecule has 0 unspecified atom stereocenters. The minimum Gasteiger partial charge on any atom is -0.354 e. The van der Waals surface area contributed by atoms with E-state index in [0.717, 1.165) is 25.7 Å². The van der Waals surface area contributed by atoms with Gasteiger partial charge in [-0.2, -0.15) is 5.10 Å². The first-order chi connectivity index (χ1) is 13.3. The predicted octanol–water partition coefficient (Wildman–Crippen LogP) is 3.73. The Hall–Kier alpha value is -2.70. The summed E-state index contributed by atoms with van der Waals surface area (Å²) in [6.07, 6.45) is 5.67. The Bertz CT molecular complexity index is 882. The second kappa shape index (κ2) is 8.12. The van der Waals surface area contributed by atoms with Gasteiger partial charge in [-0.15, -0.1) is 0 Å². The molecule has 28 heavy (non-hydrogen) atoms. The molecule has 1 aromatic heterocycles. The molecule has 7 heteroatoms. The van der Waals surface area contributed by atoms with Gasteiger partial charge in [0.25, 0.3) is 0 Å². The molecule has 0 radical (unpaired) electrons. The third-order valence-electron chi connectivity index (χ3n) is 5.88.